The summed E-state index contributed by atoms with van der Waals surface area (Å²) in [5.74, 6) is -1.66. The highest BCUT2D eigenvalue weighted by molar-refractivity contribution is 7.89. The third kappa shape index (κ3) is 5.25. The van der Waals surface area contributed by atoms with E-state index in [-0.39, 0.29) is 26.9 Å². The number of hydrogen-bond donors (Lipinski definition) is 2. The summed E-state index contributed by atoms with van der Waals surface area (Å²) in [5.41, 5.74) is -0.357. The first-order valence-corrected chi connectivity index (χ1v) is 9.44. The monoisotopic (exact) mass is 427 g/mol. The number of nitro benzene ring substituents is 1. The second kappa shape index (κ2) is 8.78. The number of nitrogens with one attached hydrogen (secondary N) is 2. The van der Waals surface area contributed by atoms with E-state index in [1.54, 1.807) is 0 Å². The fourth-order valence-corrected chi connectivity index (χ4v) is 3.01. The summed E-state index contributed by atoms with van der Waals surface area (Å²) in [4.78, 5) is 33.9. The Hall–Kier alpha value is -3.02. The molecule has 0 bridgehead atoms. The molecule has 10 nitrogen and oxygen atoms in total. The number of halogens is 1. The number of nitro groups is 1. The summed E-state index contributed by atoms with van der Waals surface area (Å²) >= 11 is 5.68. The molecule has 0 radical (unpaired) electrons. The molecule has 0 aliphatic rings. The predicted octanol–water partition coefficient (Wildman–Crippen LogP) is 1.95. The average molecular weight is 428 g/mol. The summed E-state index contributed by atoms with van der Waals surface area (Å²) in [7, 11) is -2.52. The molecule has 1 amide bonds. The second-order valence-corrected chi connectivity index (χ2v) is 7.58. The number of nitrogens with zero attached hydrogens (tertiary/aromatic N) is 1. The molecule has 148 valence electrons. The third-order valence-corrected chi connectivity index (χ3v) is 5.14. The molecule has 0 heterocycles. The molecule has 0 fully saturated rings. The highest BCUT2D eigenvalue weighted by Gasteiger charge is 2.17. The van der Waals surface area contributed by atoms with Crippen molar-refractivity contribution in [1.82, 2.24) is 4.72 Å². The van der Waals surface area contributed by atoms with E-state index in [4.69, 9.17) is 16.3 Å². The summed E-state index contributed by atoms with van der Waals surface area (Å²) in [6, 6.07) is 8.74. The topological polar surface area (TPSA) is 145 Å². The molecule has 0 saturated heterocycles. The quantitative estimate of drug-likeness (QED) is 0.390. The molecule has 28 heavy (non-hydrogen) atoms. The number of esters is 1. The Morgan fingerprint density at radius 2 is 1.93 bits per heavy atom. The number of carbonyl (C=O) groups is 2. The van der Waals surface area contributed by atoms with Crippen molar-refractivity contribution in [1.29, 1.82) is 0 Å². The molecule has 2 aromatic rings. The van der Waals surface area contributed by atoms with Gasteiger partial charge in [-0.2, -0.15) is 0 Å². The smallest absolute Gasteiger partial charge is 0.338 e. The lowest BCUT2D eigenvalue weighted by Gasteiger charge is -2.08. The molecule has 0 atom stereocenters. The van der Waals surface area contributed by atoms with Gasteiger partial charge in [-0.15, -0.1) is 0 Å². The zero-order chi connectivity index (χ0) is 20.9. The van der Waals surface area contributed by atoms with E-state index in [1.165, 1.54) is 37.4 Å². The summed E-state index contributed by atoms with van der Waals surface area (Å²) in [6.45, 7) is -0.682. The summed E-state index contributed by atoms with van der Waals surface area (Å²) in [5, 5.41) is 13.1. The zero-order valence-corrected chi connectivity index (χ0v) is 15.9. The largest absolute Gasteiger partial charge is 0.452 e. The lowest BCUT2D eigenvalue weighted by Crippen LogP contribution is -2.22. The van der Waals surface area contributed by atoms with Crippen LogP contribution in [0.2, 0.25) is 5.02 Å². The van der Waals surface area contributed by atoms with Crippen molar-refractivity contribution in [3.63, 3.8) is 0 Å². The van der Waals surface area contributed by atoms with Crippen LogP contribution in [0.5, 0.6) is 0 Å². The number of rotatable bonds is 7. The van der Waals surface area contributed by atoms with E-state index < -0.39 is 33.4 Å². The van der Waals surface area contributed by atoms with Gasteiger partial charge in [0.15, 0.2) is 6.61 Å². The summed E-state index contributed by atoms with van der Waals surface area (Å²) < 4.78 is 30.5. The van der Waals surface area contributed by atoms with Gasteiger partial charge in [0.1, 0.15) is 5.02 Å². The van der Waals surface area contributed by atoms with Crippen molar-refractivity contribution in [3.05, 3.63) is 63.2 Å². The van der Waals surface area contributed by atoms with Crippen LogP contribution in [-0.4, -0.2) is 38.9 Å². The van der Waals surface area contributed by atoms with Crippen molar-refractivity contribution in [3.8, 4) is 0 Å². The van der Waals surface area contributed by atoms with Crippen molar-refractivity contribution >= 4 is 44.9 Å². The van der Waals surface area contributed by atoms with Crippen molar-refractivity contribution in [2.24, 2.45) is 0 Å². The van der Waals surface area contributed by atoms with E-state index in [0.717, 1.165) is 12.1 Å². The van der Waals surface area contributed by atoms with Gasteiger partial charge < -0.3 is 10.1 Å². The van der Waals surface area contributed by atoms with E-state index in [1.807, 2.05) is 0 Å². The highest BCUT2D eigenvalue weighted by atomic mass is 35.5. The maximum absolute atomic E-state index is 12.0. The van der Waals surface area contributed by atoms with E-state index in [0.29, 0.717) is 0 Å². The molecule has 2 N–H and O–H groups in total. The maximum Gasteiger partial charge on any atom is 0.338 e. The second-order valence-electron chi connectivity index (χ2n) is 5.28. The molecule has 0 aliphatic carbocycles. The number of benzene rings is 2. The minimum absolute atomic E-state index is 0.0637. The van der Waals surface area contributed by atoms with Gasteiger partial charge in [-0.05, 0) is 37.4 Å². The van der Waals surface area contributed by atoms with Gasteiger partial charge in [-0.3, -0.25) is 14.9 Å². The molecule has 0 spiro atoms. The molecule has 2 aromatic carbocycles. The van der Waals surface area contributed by atoms with E-state index >= 15 is 0 Å². The van der Waals surface area contributed by atoms with Crippen LogP contribution in [0.1, 0.15) is 10.4 Å². The number of anilines is 1. The van der Waals surface area contributed by atoms with Crippen molar-refractivity contribution < 1.29 is 27.7 Å². The number of amides is 1. The first-order chi connectivity index (χ1) is 13.1. The van der Waals surface area contributed by atoms with Gasteiger partial charge in [0, 0.05) is 11.8 Å². The van der Waals surface area contributed by atoms with Crippen LogP contribution in [0.4, 0.5) is 11.4 Å². The normalized spacial score (nSPS) is 10.9. The van der Waals surface area contributed by atoms with Crippen LogP contribution < -0.4 is 10.0 Å². The third-order valence-electron chi connectivity index (χ3n) is 3.41. The van der Waals surface area contributed by atoms with Gasteiger partial charge in [0.05, 0.1) is 15.4 Å². The van der Waals surface area contributed by atoms with Crippen LogP contribution in [0.15, 0.2) is 47.4 Å². The molecule has 0 aromatic heterocycles. The van der Waals surface area contributed by atoms with Gasteiger partial charge in [-0.1, -0.05) is 17.7 Å². The van der Waals surface area contributed by atoms with Gasteiger partial charge in [0.2, 0.25) is 10.0 Å². The first-order valence-electron chi connectivity index (χ1n) is 7.58. The lowest BCUT2D eigenvalue weighted by atomic mass is 10.2. The van der Waals surface area contributed by atoms with Gasteiger partial charge in [0.25, 0.3) is 11.6 Å². The van der Waals surface area contributed by atoms with Gasteiger partial charge >= 0.3 is 5.97 Å². The predicted molar refractivity (Wildman–Crippen MR) is 99.7 cm³/mol. The maximum atomic E-state index is 12.0. The van der Waals surface area contributed by atoms with Crippen LogP contribution in [0, 0.1) is 10.1 Å². The Morgan fingerprint density at radius 3 is 2.57 bits per heavy atom. The fraction of sp³-hybridized carbons (Fsp3) is 0.125. The molecule has 12 heteroatoms. The Bertz CT molecular complexity index is 1040. The minimum atomic E-state index is -3.74. The molecule has 0 aliphatic heterocycles. The van der Waals surface area contributed by atoms with Crippen LogP contribution >= 0.6 is 11.6 Å². The Labute approximate surface area is 164 Å². The van der Waals surface area contributed by atoms with Crippen LogP contribution in [0.25, 0.3) is 0 Å². The highest BCUT2D eigenvalue weighted by Crippen LogP contribution is 2.27. The number of sulfonamides is 1. The van der Waals surface area contributed by atoms with Crippen molar-refractivity contribution in [2.45, 2.75) is 4.90 Å². The van der Waals surface area contributed by atoms with E-state index in [9.17, 15) is 28.1 Å². The molecular weight excluding hydrogens is 414 g/mol. The standard InChI is InChI=1S/C16H14ClN3O7S/c1-18-28(25,26)12-4-2-3-10(7-12)16(22)27-9-15(21)19-11-5-6-13(17)14(8-11)20(23)24/h2-8,18H,9H2,1H3,(H,19,21). The Kier molecular flexibility index (Phi) is 6.67. The molecular formula is C16H14ClN3O7S. The molecule has 2 rings (SSSR count). The van der Waals surface area contributed by atoms with Gasteiger partial charge in [-0.25, -0.2) is 17.9 Å². The van der Waals surface area contributed by atoms with Crippen LogP contribution in [0.3, 0.4) is 0 Å². The van der Waals surface area contributed by atoms with Crippen molar-refractivity contribution in [2.75, 3.05) is 19.0 Å². The lowest BCUT2D eigenvalue weighted by molar-refractivity contribution is -0.384. The molecule has 0 saturated carbocycles. The number of hydrogen-bond acceptors (Lipinski definition) is 7. The number of ether oxygens (including phenoxy) is 1. The fourth-order valence-electron chi connectivity index (χ4n) is 2.05. The number of carbonyl (C=O) groups excluding carboxylic acids is 2. The van der Waals surface area contributed by atoms with E-state index in [2.05, 4.69) is 10.0 Å². The van der Waals surface area contributed by atoms with Crippen LogP contribution in [-0.2, 0) is 19.6 Å². The zero-order valence-electron chi connectivity index (χ0n) is 14.3. The first kappa shape index (κ1) is 21.3. The SMILES string of the molecule is CNS(=O)(=O)c1cccc(C(=O)OCC(=O)Nc2ccc(Cl)c([N+](=O)[O-])c2)c1. The molecule has 0 unspecified atom stereocenters. The Morgan fingerprint density at radius 1 is 1.21 bits per heavy atom. The summed E-state index contributed by atoms with van der Waals surface area (Å²) in [6.07, 6.45) is 0. The average Bonchev–Trinajstić information content (AvgIpc) is 2.67. The Balaban J connectivity index is 2.02. The minimum Gasteiger partial charge on any atom is -0.452 e.